The van der Waals surface area contributed by atoms with Gasteiger partial charge in [-0.25, -0.2) is 0 Å². The van der Waals surface area contributed by atoms with E-state index < -0.39 is 0 Å². The van der Waals surface area contributed by atoms with Crippen molar-refractivity contribution in [2.75, 3.05) is 31.6 Å². The number of halogens is 1. The van der Waals surface area contributed by atoms with Gasteiger partial charge in [0.15, 0.2) is 0 Å². The number of piperidine rings is 1. The number of para-hydroxylation sites is 1. The first kappa shape index (κ1) is 10.4. The maximum atomic E-state index is 6.31. The van der Waals surface area contributed by atoms with Crippen LogP contribution in [0.1, 0.15) is 17.9 Å². The van der Waals surface area contributed by atoms with Gasteiger partial charge in [-0.05, 0) is 30.5 Å². The number of hydrogen-bond donors (Lipinski definition) is 1. The molecule has 0 amide bonds. The first-order chi connectivity index (χ1) is 7.77. The van der Waals surface area contributed by atoms with Crippen LogP contribution in [0.25, 0.3) is 0 Å². The molecule has 0 radical (unpaired) electrons. The highest BCUT2D eigenvalue weighted by atomic mass is 35.5. The van der Waals surface area contributed by atoms with Crippen LogP contribution in [0.4, 0.5) is 5.69 Å². The number of nitrogens with one attached hydrogen (secondary N) is 1. The van der Waals surface area contributed by atoms with E-state index in [1.165, 1.54) is 17.7 Å². The second kappa shape index (κ2) is 3.94. The lowest BCUT2D eigenvalue weighted by Gasteiger charge is -2.42. The predicted molar refractivity (Wildman–Crippen MR) is 68.4 cm³/mol. The fraction of sp³-hybridized carbons (Fsp3) is 0.538. The van der Waals surface area contributed by atoms with Crippen molar-refractivity contribution in [1.29, 1.82) is 0 Å². The molecule has 2 aliphatic heterocycles. The standard InChI is InChI=1S/C13H17ClN2/c1-16-8-9-5-6-15-7-11(9)10-3-2-4-12(14)13(10)16/h2-4,9,11,15H,5-8H2,1H3. The second-order valence-electron chi connectivity index (χ2n) is 4.92. The molecule has 0 saturated carbocycles. The highest BCUT2D eigenvalue weighted by Gasteiger charge is 2.34. The van der Waals surface area contributed by atoms with Crippen LogP contribution in [0, 0.1) is 5.92 Å². The van der Waals surface area contributed by atoms with Crippen molar-refractivity contribution in [3.8, 4) is 0 Å². The van der Waals surface area contributed by atoms with Crippen molar-refractivity contribution in [3.05, 3.63) is 28.8 Å². The zero-order valence-corrected chi connectivity index (χ0v) is 10.3. The molecule has 1 fully saturated rings. The van der Waals surface area contributed by atoms with Crippen LogP contribution in [0.3, 0.4) is 0 Å². The van der Waals surface area contributed by atoms with Gasteiger partial charge >= 0.3 is 0 Å². The summed E-state index contributed by atoms with van der Waals surface area (Å²) in [4.78, 5) is 2.32. The fourth-order valence-electron chi connectivity index (χ4n) is 3.17. The van der Waals surface area contributed by atoms with E-state index in [0.717, 1.165) is 30.6 Å². The lowest BCUT2D eigenvalue weighted by atomic mass is 9.77. The summed E-state index contributed by atoms with van der Waals surface area (Å²) in [6.45, 7) is 3.40. The van der Waals surface area contributed by atoms with Crippen LogP contribution in [0.5, 0.6) is 0 Å². The first-order valence-corrected chi connectivity index (χ1v) is 6.35. The quantitative estimate of drug-likeness (QED) is 0.745. The number of hydrogen-bond acceptors (Lipinski definition) is 2. The molecule has 86 valence electrons. The summed E-state index contributed by atoms with van der Waals surface area (Å²) in [5.74, 6) is 1.44. The lowest BCUT2D eigenvalue weighted by molar-refractivity contribution is 0.317. The zero-order chi connectivity index (χ0) is 11.1. The summed E-state index contributed by atoms with van der Waals surface area (Å²) >= 11 is 6.31. The largest absolute Gasteiger partial charge is 0.373 e. The first-order valence-electron chi connectivity index (χ1n) is 5.97. The van der Waals surface area contributed by atoms with Crippen molar-refractivity contribution in [1.82, 2.24) is 5.32 Å². The van der Waals surface area contributed by atoms with Gasteiger partial charge < -0.3 is 10.2 Å². The normalized spacial score (nSPS) is 28.5. The van der Waals surface area contributed by atoms with E-state index in [9.17, 15) is 0 Å². The van der Waals surface area contributed by atoms with Crippen LogP contribution in [0.2, 0.25) is 5.02 Å². The van der Waals surface area contributed by atoms with Crippen LogP contribution < -0.4 is 10.2 Å². The Balaban J connectivity index is 2.08. The molecule has 1 aromatic rings. The van der Waals surface area contributed by atoms with E-state index in [1.807, 2.05) is 6.07 Å². The Morgan fingerprint density at radius 3 is 3.19 bits per heavy atom. The molecule has 3 heteroatoms. The van der Waals surface area contributed by atoms with Gasteiger partial charge in [-0.15, -0.1) is 0 Å². The number of nitrogens with zero attached hydrogens (tertiary/aromatic N) is 1. The summed E-state index contributed by atoms with van der Waals surface area (Å²) in [6.07, 6.45) is 1.28. The third-order valence-electron chi connectivity index (χ3n) is 3.93. The van der Waals surface area contributed by atoms with Crippen LogP contribution in [0.15, 0.2) is 18.2 Å². The monoisotopic (exact) mass is 236 g/mol. The maximum Gasteiger partial charge on any atom is 0.0642 e. The number of fused-ring (bicyclic) bond motifs is 3. The molecule has 0 bridgehead atoms. The van der Waals surface area contributed by atoms with E-state index in [0.29, 0.717) is 5.92 Å². The Morgan fingerprint density at radius 2 is 2.31 bits per heavy atom. The molecule has 1 aromatic carbocycles. The highest BCUT2D eigenvalue weighted by Crippen LogP contribution is 2.43. The van der Waals surface area contributed by atoms with Gasteiger partial charge in [-0.3, -0.25) is 0 Å². The minimum absolute atomic E-state index is 0.652. The molecule has 0 aliphatic carbocycles. The van der Waals surface area contributed by atoms with Crippen molar-refractivity contribution >= 4 is 17.3 Å². The Morgan fingerprint density at radius 1 is 1.44 bits per heavy atom. The molecule has 0 aromatic heterocycles. The van der Waals surface area contributed by atoms with Gasteiger partial charge in [-0.2, -0.15) is 0 Å². The summed E-state index contributed by atoms with van der Waals surface area (Å²) in [5.41, 5.74) is 2.67. The molecule has 2 unspecified atom stereocenters. The van der Waals surface area contributed by atoms with Crippen molar-refractivity contribution in [3.63, 3.8) is 0 Å². The summed E-state index contributed by atoms with van der Waals surface area (Å²) in [6, 6.07) is 6.31. The van der Waals surface area contributed by atoms with Crippen LogP contribution >= 0.6 is 11.6 Å². The van der Waals surface area contributed by atoms with E-state index in [2.05, 4.69) is 29.4 Å². The molecule has 1 saturated heterocycles. The average Bonchev–Trinajstić information content (AvgIpc) is 2.29. The molecular weight excluding hydrogens is 220 g/mol. The Hall–Kier alpha value is -0.730. The number of anilines is 1. The average molecular weight is 237 g/mol. The molecule has 2 aliphatic rings. The van der Waals surface area contributed by atoms with E-state index in [-0.39, 0.29) is 0 Å². The number of rotatable bonds is 0. The molecule has 1 N–H and O–H groups in total. The SMILES string of the molecule is CN1CC2CCNCC2c2cccc(Cl)c21. The van der Waals surface area contributed by atoms with E-state index >= 15 is 0 Å². The molecular formula is C13H17ClN2. The smallest absolute Gasteiger partial charge is 0.0642 e. The Bertz CT molecular complexity index is 405. The van der Waals surface area contributed by atoms with Gasteiger partial charge in [0.25, 0.3) is 0 Å². The minimum Gasteiger partial charge on any atom is -0.373 e. The predicted octanol–water partition coefficient (Wildman–Crippen LogP) is 2.48. The minimum atomic E-state index is 0.652. The molecule has 0 spiro atoms. The van der Waals surface area contributed by atoms with Gasteiger partial charge in [0.1, 0.15) is 0 Å². The summed E-state index contributed by atoms with van der Waals surface area (Å²) < 4.78 is 0. The molecule has 3 rings (SSSR count). The third-order valence-corrected chi connectivity index (χ3v) is 4.24. The van der Waals surface area contributed by atoms with Crippen molar-refractivity contribution < 1.29 is 0 Å². The highest BCUT2D eigenvalue weighted by molar-refractivity contribution is 6.33. The Labute approximate surface area is 102 Å². The lowest BCUT2D eigenvalue weighted by Crippen LogP contribution is -2.44. The summed E-state index contributed by atoms with van der Waals surface area (Å²) in [5, 5.41) is 4.39. The van der Waals surface area contributed by atoms with Gasteiger partial charge in [0.05, 0.1) is 10.7 Å². The van der Waals surface area contributed by atoms with Gasteiger partial charge in [0, 0.05) is 26.1 Å². The van der Waals surface area contributed by atoms with Crippen LogP contribution in [-0.2, 0) is 0 Å². The molecule has 2 heterocycles. The number of benzene rings is 1. The van der Waals surface area contributed by atoms with Gasteiger partial charge in [0.2, 0.25) is 0 Å². The second-order valence-corrected chi connectivity index (χ2v) is 5.32. The van der Waals surface area contributed by atoms with Crippen molar-refractivity contribution in [2.45, 2.75) is 12.3 Å². The Kier molecular flexibility index (Phi) is 2.56. The fourth-order valence-corrected chi connectivity index (χ4v) is 3.50. The molecule has 16 heavy (non-hydrogen) atoms. The third kappa shape index (κ3) is 1.52. The maximum absolute atomic E-state index is 6.31. The molecule has 2 nitrogen and oxygen atoms in total. The molecule has 2 atom stereocenters. The topological polar surface area (TPSA) is 15.3 Å². The zero-order valence-electron chi connectivity index (χ0n) is 9.54. The van der Waals surface area contributed by atoms with E-state index in [4.69, 9.17) is 11.6 Å². The van der Waals surface area contributed by atoms with Gasteiger partial charge in [-0.1, -0.05) is 23.7 Å². The van der Waals surface area contributed by atoms with E-state index in [1.54, 1.807) is 0 Å². The van der Waals surface area contributed by atoms with Crippen LogP contribution in [-0.4, -0.2) is 26.7 Å². The summed E-state index contributed by atoms with van der Waals surface area (Å²) in [7, 11) is 2.16. The van der Waals surface area contributed by atoms with Crippen molar-refractivity contribution in [2.24, 2.45) is 5.92 Å².